The number of likely N-dealkylation sites (N-methyl/N-ethyl adjacent to an activating group) is 1. The predicted octanol–water partition coefficient (Wildman–Crippen LogP) is 5.26. The standard InChI is InChI=1S/C20H21ClN2O2S/c1-23(2)11-12-25-19-13-14(9-10-17(19)21)22-26-20-8-4-5-15-16(20)6-3-7-18(15)24/h3-10,13,22,24H,11-12H2,1-2H3. The van der Waals surface area contributed by atoms with Gasteiger partial charge in [0.05, 0.1) is 5.02 Å². The van der Waals surface area contributed by atoms with Crippen LogP contribution in [0, 0.1) is 0 Å². The third-order valence-electron chi connectivity index (χ3n) is 3.87. The first-order valence-corrected chi connectivity index (χ1v) is 9.44. The average Bonchev–Trinajstić information content (AvgIpc) is 2.62. The highest BCUT2D eigenvalue weighted by Crippen LogP contribution is 2.34. The van der Waals surface area contributed by atoms with E-state index >= 15 is 0 Å². The van der Waals surface area contributed by atoms with Gasteiger partial charge in [0.2, 0.25) is 0 Å². The normalized spacial score (nSPS) is 11.1. The second-order valence-corrected chi connectivity index (χ2v) is 7.38. The van der Waals surface area contributed by atoms with Gasteiger partial charge in [-0.05, 0) is 50.3 Å². The van der Waals surface area contributed by atoms with Crippen LogP contribution in [0.1, 0.15) is 0 Å². The van der Waals surface area contributed by atoms with Gasteiger partial charge in [0.15, 0.2) is 0 Å². The van der Waals surface area contributed by atoms with E-state index in [1.807, 2.05) is 62.6 Å². The maximum Gasteiger partial charge on any atom is 0.140 e. The number of hydrogen-bond acceptors (Lipinski definition) is 5. The molecule has 0 bridgehead atoms. The van der Waals surface area contributed by atoms with E-state index in [9.17, 15) is 5.11 Å². The van der Waals surface area contributed by atoms with E-state index in [-0.39, 0.29) is 5.75 Å². The molecule has 0 aliphatic heterocycles. The number of benzene rings is 3. The number of phenolic OH excluding ortho intramolecular Hbond substituents is 1. The minimum atomic E-state index is 0.285. The molecule has 136 valence electrons. The van der Waals surface area contributed by atoms with Crippen molar-refractivity contribution in [3.05, 3.63) is 59.6 Å². The summed E-state index contributed by atoms with van der Waals surface area (Å²) in [6, 6.07) is 17.0. The Hall–Kier alpha value is -2.08. The number of nitrogens with one attached hydrogen (secondary N) is 1. The summed E-state index contributed by atoms with van der Waals surface area (Å²) in [4.78, 5) is 3.09. The Kier molecular flexibility index (Phi) is 6.14. The molecule has 0 saturated carbocycles. The topological polar surface area (TPSA) is 44.7 Å². The van der Waals surface area contributed by atoms with Crippen LogP contribution in [0.5, 0.6) is 11.5 Å². The highest BCUT2D eigenvalue weighted by atomic mass is 35.5. The summed E-state index contributed by atoms with van der Waals surface area (Å²) in [6.07, 6.45) is 0. The molecule has 26 heavy (non-hydrogen) atoms. The molecule has 0 unspecified atom stereocenters. The third-order valence-corrected chi connectivity index (χ3v) is 5.09. The predicted molar refractivity (Wildman–Crippen MR) is 111 cm³/mol. The lowest BCUT2D eigenvalue weighted by Gasteiger charge is -2.14. The number of aromatic hydroxyl groups is 1. The van der Waals surface area contributed by atoms with E-state index in [1.54, 1.807) is 6.07 Å². The molecule has 0 aromatic heterocycles. The third kappa shape index (κ3) is 4.55. The fourth-order valence-electron chi connectivity index (χ4n) is 2.48. The molecule has 0 spiro atoms. The van der Waals surface area contributed by atoms with Crippen molar-refractivity contribution in [2.45, 2.75) is 4.90 Å². The van der Waals surface area contributed by atoms with Crippen molar-refractivity contribution in [2.75, 3.05) is 32.0 Å². The number of rotatable bonds is 7. The lowest BCUT2D eigenvalue weighted by Crippen LogP contribution is -2.19. The molecule has 0 aliphatic rings. The van der Waals surface area contributed by atoms with Crippen molar-refractivity contribution < 1.29 is 9.84 Å². The van der Waals surface area contributed by atoms with Crippen molar-refractivity contribution in [3.63, 3.8) is 0 Å². The maximum atomic E-state index is 10.0. The minimum absolute atomic E-state index is 0.285. The van der Waals surface area contributed by atoms with Crippen LogP contribution in [0.2, 0.25) is 5.02 Å². The van der Waals surface area contributed by atoms with Gasteiger partial charge in [-0.25, -0.2) is 0 Å². The Bertz CT molecular complexity index is 902. The first-order chi connectivity index (χ1) is 12.5. The van der Waals surface area contributed by atoms with E-state index in [0.29, 0.717) is 17.4 Å². The van der Waals surface area contributed by atoms with E-state index in [2.05, 4.69) is 9.62 Å². The van der Waals surface area contributed by atoms with Gasteiger partial charge in [0.25, 0.3) is 0 Å². The maximum absolute atomic E-state index is 10.0. The zero-order valence-corrected chi connectivity index (χ0v) is 16.3. The fourth-order valence-corrected chi connectivity index (χ4v) is 3.44. The Morgan fingerprint density at radius 1 is 1.08 bits per heavy atom. The van der Waals surface area contributed by atoms with Gasteiger partial charge in [-0.1, -0.05) is 35.9 Å². The number of phenols is 1. The Morgan fingerprint density at radius 3 is 2.65 bits per heavy atom. The number of hydrogen-bond donors (Lipinski definition) is 2. The molecule has 3 aromatic rings. The van der Waals surface area contributed by atoms with E-state index in [4.69, 9.17) is 16.3 Å². The van der Waals surface area contributed by atoms with E-state index < -0.39 is 0 Å². The first-order valence-electron chi connectivity index (χ1n) is 8.25. The molecule has 0 atom stereocenters. The lowest BCUT2D eigenvalue weighted by atomic mass is 10.1. The molecule has 6 heteroatoms. The van der Waals surface area contributed by atoms with Crippen LogP contribution in [0.3, 0.4) is 0 Å². The molecule has 0 fully saturated rings. The van der Waals surface area contributed by atoms with Crippen molar-refractivity contribution in [3.8, 4) is 11.5 Å². The SMILES string of the molecule is CN(C)CCOc1cc(NSc2cccc3c(O)cccc23)ccc1Cl. The zero-order valence-electron chi connectivity index (χ0n) is 14.7. The quantitative estimate of drug-likeness (QED) is 0.540. The Balaban J connectivity index is 1.73. The second kappa shape index (κ2) is 8.54. The Morgan fingerprint density at radius 2 is 1.85 bits per heavy atom. The summed E-state index contributed by atoms with van der Waals surface area (Å²) in [5, 5.41) is 12.4. The van der Waals surface area contributed by atoms with Crippen molar-refractivity contribution in [2.24, 2.45) is 0 Å². The van der Waals surface area contributed by atoms with Gasteiger partial charge in [-0.15, -0.1) is 0 Å². The molecule has 3 aromatic carbocycles. The largest absolute Gasteiger partial charge is 0.507 e. The molecule has 0 amide bonds. The number of halogens is 1. The molecule has 0 aliphatic carbocycles. The average molecular weight is 389 g/mol. The van der Waals surface area contributed by atoms with Gasteiger partial charge in [0.1, 0.15) is 18.1 Å². The fraction of sp³-hybridized carbons (Fsp3) is 0.200. The van der Waals surface area contributed by atoms with Gasteiger partial charge >= 0.3 is 0 Å². The number of fused-ring (bicyclic) bond motifs is 1. The van der Waals surface area contributed by atoms with Gasteiger partial charge in [0, 0.05) is 34.0 Å². The highest BCUT2D eigenvalue weighted by Gasteiger charge is 2.07. The van der Waals surface area contributed by atoms with Crippen LogP contribution in [0.25, 0.3) is 10.8 Å². The summed E-state index contributed by atoms with van der Waals surface area (Å²) < 4.78 is 9.10. The van der Waals surface area contributed by atoms with Crippen molar-refractivity contribution in [1.29, 1.82) is 0 Å². The summed E-state index contributed by atoms with van der Waals surface area (Å²) >= 11 is 7.71. The van der Waals surface area contributed by atoms with E-state index in [0.717, 1.165) is 27.9 Å². The molecular formula is C20H21ClN2O2S. The molecule has 0 saturated heterocycles. The molecule has 2 N–H and O–H groups in total. The van der Waals surface area contributed by atoms with Crippen LogP contribution in [0.4, 0.5) is 5.69 Å². The van der Waals surface area contributed by atoms with Gasteiger partial charge in [-0.3, -0.25) is 0 Å². The van der Waals surface area contributed by atoms with E-state index in [1.165, 1.54) is 11.9 Å². The number of ether oxygens (including phenoxy) is 1. The number of anilines is 1. The van der Waals surface area contributed by atoms with Crippen LogP contribution in [-0.4, -0.2) is 37.3 Å². The van der Waals surface area contributed by atoms with Crippen LogP contribution >= 0.6 is 23.5 Å². The highest BCUT2D eigenvalue weighted by molar-refractivity contribution is 8.00. The summed E-state index contributed by atoms with van der Waals surface area (Å²) in [6.45, 7) is 1.40. The van der Waals surface area contributed by atoms with Gasteiger partial charge in [-0.2, -0.15) is 0 Å². The second-order valence-electron chi connectivity index (χ2n) is 6.13. The monoisotopic (exact) mass is 388 g/mol. The Labute approximate surface area is 162 Å². The molecule has 4 nitrogen and oxygen atoms in total. The van der Waals surface area contributed by atoms with Gasteiger partial charge < -0.3 is 19.5 Å². The van der Waals surface area contributed by atoms with Crippen molar-refractivity contribution >= 4 is 40.0 Å². The van der Waals surface area contributed by atoms with Crippen LogP contribution < -0.4 is 9.46 Å². The van der Waals surface area contributed by atoms with Crippen molar-refractivity contribution in [1.82, 2.24) is 4.90 Å². The molecule has 0 radical (unpaired) electrons. The molecule has 0 heterocycles. The summed E-state index contributed by atoms with van der Waals surface area (Å²) in [7, 11) is 4.00. The van der Waals surface area contributed by atoms with Crippen LogP contribution in [-0.2, 0) is 0 Å². The summed E-state index contributed by atoms with van der Waals surface area (Å²) in [5.74, 6) is 0.947. The lowest BCUT2D eigenvalue weighted by molar-refractivity contribution is 0.261. The smallest absolute Gasteiger partial charge is 0.140 e. The summed E-state index contributed by atoms with van der Waals surface area (Å²) in [5.41, 5.74) is 0.899. The number of nitrogens with zero attached hydrogens (tertiary/aromatic N) is 1. The first kappa shape index (κ1) is 18.7. The zero-order chi connectivity index (χ0) is 18.5. The van der Waals surface area contributed by atoms with Crippen LogP contribution in [0.15, 0.2) is 59.5 Å². The molecular weight excluding hydrogens is 368 g/mol. The minimum Gasteiger partial charge on any atom is -0.507 e. The molecule has 3 rings (SSSR count).